The molecule has 1 aliphatic heterocycles. The molecule has 1 aromatic carbocycles. The normalized spacial score (nSPS) is 29.1. The maximum absolute atomic E-state index is 10.3. The Morgan fingerprint density at radius 3 is 2.81 bits per heavy atom. The van der Waals surface area contributed by atoms with Gasteiger partial charge in [0, 0.05) is 24.7 Å². The topological polar surface area (TPSA) is 32.7 Å². The molecule has 2 aliphatic carbocycles. The van der Waals surface area contributed by atoms with Gasteiger partial charge in [-0.3, -0.25) is 4.90 Å². The molecule has 1 saturated heterocycles. The van der Waals surface area contributed by atoms with Crippen molar-refractivity contribution >= 4 is 0 Å². The number of hydrogen-bond donors (Lipinski definition) is 1. The summed E-state index contributed by atoms with van der Waals surface area (Å²) in [6, 6.07) is 4.82. The zero-order valence-electron chi connectivity index (χ0n) is 12.7. The number of rotatable bonds is 2. The highest BCUT2D eigenvalue weighted by molar-refractivity contribution is 5.44. The van der Waals surface area contributed by atoms with Crippen molar-refractivity contribution in [1.29, 1.82) is 0 Å². The first-order valence-electron chi connectivity index (χ1n) is 8.50. The molecule has 0 spiro atoms. The van der Waals surface area contributed by atoms with Gasteiger partial charge in [-0.25, -0.2) is 0 Å². The highest BCUT2D eigenvalue weighted by Gasteiger charge is 2.34. The van der Waals surface area contributed by atoms with Crippen LogP contribution in [0.4, 0.5) is 0 Å². The van der Waals surface area contributed by atoms with E-state index < -0.39 is 0 Å². The van der Waals surface area contributed by atoms with Crippen LogP contribution < -0.4 is 0 Å². The molecular formula is C18H25NO2. The van der Waals surface area contributed by atoms with E-state index >= 15 is 0 Å². The van der Waals surface area contributed by atoms with E-state index in [0.29, 0.717) is 17.9 Å². The molecule has 0 radical (unpaired) electrons. The summed E-state index contributed by atoms with van der Waals surface area (Å²) < 4.78 is 5.95. The Balaban J connectivity index is 1.55. The van der Waals surface area contributed by atoms with Crippen molar-refractivity contribution in [1.82, 2.24) is 4.90 Å². The van der Waals surface area contributed by atoms with Crippen molar-refractivity contribution < 1.29 is 9.84 Å². The van der Waals surface area contributed by atoms with Crippen LogP contribution in [-0.4, -0.2) is 35.3 Å². The zero-order valence-corrected chi connectivity index (χ0v) is 12.7. The van der Waals surface area contributed by atoms with Crippen LogP contribution in [0.15, 0.2) is 12.1 Å². The number of aryl methyl sites for hydroxylation is 2. The average molecular weight is 287 g/mol. The van der Waals surface area contributed by atoms with Gasteiger partial charge in [-0.05, 0) is 49.3 Å². The Bertz CT molecular complexity index is 526. The van der Waals surface area contributed by atoms with Gasteiger partial charge in [-0.2, -0.15) is 0 Å². The lowest BCUT2D eigenvalue weighted by Gasteiger charge is -2.44. The quantitative estimate of drug-likeness (QED) is 0.907. The lowest BCUT2D eigenvalue weighted by Crippen LogP contribution is -2.52. The van der Waals surface area contributed by atoms with E-state index in [1.54, 1.807) is 0 Å². The third kappa shape index (κ3) is 2.58. The number of benzene rings is 1. The summed E-state index contributed by atoms with van der Waals surface area (Å²) in [7, 11) is 0. The van der Waals surface area contributed by atoms with Crippen LogP contribution in [0.25, 0.3) is 0 Å². The molecule has 2 fully saturated rings. The molecule has 1 N–H and O–H groups in total. The van der Waals surface area contributed by atoms with Crippen molar-refractivity contribution in [2.45, 2.75) is 63.6 Å². The number of ether oxygens (including phenoxy) is 1. The van der Waals surface area contributed by atoms with E-state index in [1.807, 2.05) is 6.07 Å². The van der Waals surface area contributed by atoms with E-state index in [0.717, 1.165) is 31.7 Å². The fourth-order valence-electron chi connectivity index (χ4n) is 4.38. The lowest BCUT2D eigenvalue weighted by molar-refractivity contribution is -0.0912. The number of fused-ring (bicyclic) bond motifs is 2. The second-order valence-electron chi connectivity index (χ2n) is 6.83. The summed E-state index contributed by atoms with van der Waals surface area (Å²) in [6.45, 7) is 2.72. The number of phenols is 1. The Hall–Kier alpha value is -1.06. The summed E-state index contributed by atoms with van der Waals surface area (Å²) in [4.78, 5) is 2.55. The molecule has 1 saturated carbocycles. The fraction of sp³-hybridized carbons (Fsp3) is 0.667. The number of morpholine rings is 1. The van der Waals surface area contributed by atoms with Crippen LogP contribution in [0.3, 0.4) is 0 Å². The first kappa shape index (κ1) is 13.6. The van der Waals surface area contributed by atoms with Gasteiger partial charge in [0.2, 0.25) is 0 Å². The van der Waals surface area contributed by atoms with Crippen LogP contribution in [0.5, 0.6) is 5.75 Å². The Labute approximate surface area is 126 Å². The summed E-state index contributed by atoms with van der Waals surface area (Å²) in [5, 5.41) is 10.3. The molecule has 0 bridgehead atoms. The molecule has 0 aromatic heterocycles. The van der Waals surface area contributed by atoms with E-state index in [9.17, 15) is 5.11 Å². The van der Waals surface area contributed by atoms with Crippen molar-refractivity contribution in [3.63, 3.8) is 0 Å². The zero-order chi connectivity index (χ0) is 14.2. The average Bonchev–Trinajstić information content (AvgIpc) is 2.95. The van der Waals surface area contributed by atoms with Gasteiger partial charge in [0.1, 0.15) is 5.75 Å². The molecule has 2 atom stereocenters. The minimum absolute atomic E-state index is 0.420. The third-order valence-electron chi connectivity index (χ3n) is 5.51. The summed E-state index contributed by atoms with van der Waals surface area (Å²) in [5.41, 5.74) is 3.92. The van der Waals surface area contributed by atoms with E-state index in [2.05, 4.69) is 11.0 Å². The van der Waals surface area contributed by atoms with Gasteiger partial charge in [0.05, 0.1) is 12.7 Å². The molecule has 4 rings (SSSR count). The first-order valence-corrected chi connectivity index (χ1v) is 8.50. The van der Waals surface area contributed by atoms with Crippen molar-refractivity contribution in [3.05, 3.63) is 28.8 Å². The first-order chi connectivity index (χ1) is 10.3. The predicted octanol–water partition coefficient (Wildman–Crippen LogP) is 3.02. The SMILES string of the molecule is Oc1cc2c(cc1CN1CCO[C@@H]3CCCC[C@H]31)CCC2. The number of phenolic OH excluding ortho intramolecular Hbond substituents is 1. The highest BCUT2D eigenvalue weighted by atomic mass is 16.5. The minimum atomic E-state index is 0.420. The van der Waals surface area contributed by atoms with Crippen LogP contribution in [0.2, 0.25) is 0 Å². The largest absolute Gasteiger partial charge is 0.508 e. The molecule has 0 amide bonds. The standard InChI is InChI=1S/C18H25NO2/c20-17-11-14-5-3-4-13(14)10-15(17)12-19-8-9-21-18-7-2-1-6-16(18)19/h10-11,16,18,20H,1-9,12H2/t16-,18-/m1/s1. The predicted molar refractivity (Wildman–Crippen MR) is 82.5 cm³/mol. The fourth-order valence-corrected chi connectivity index (χ4v) is 4.38. The monoisotopic (exact) mass is 287 g/mol. The van der Waals surface area contributed by atoms with Crippen LogP contribution >= 0.6 is 0 Å². The van der Waals surface area contributed by atoms with Crippen molar-refractivity contribution in [3.8, 4) is 5.75 Å². The molecule has 114 valence electrons. The molecule has 3 aliphatic rings. The molecular weight excluding hydrogens is 262 g/mol. The van der Waals surface area contributed by atoms with E-state index in [1.165, 1.54) is 49.7 Å². The summed E-state index contributed by atoms with van der Waals surface area (Å²) in [5.74, 6) is 0.495. The highest BCUT2D eigenvalue weighted by Crippen LogP contribution is 2.33. The summed E-state index contributed by atoms with van der Waals surface area (Å²) >= 11 is 0. The second-order valence-corrected chi connectivity index (χ2v) is 6.83. The van der Waals surface area contributed by atoms with Crippen LogP contribution in [0, 0.1) is 0 Å². The Morgan fingerprint density at radius 1 is 1.10 bits per heavy atom. The van der Waals surface area contributed by atoms with Crippen LogP contribution in [0.1, 0.15) is 48.8 Å². The Kier molecular flexibility index (Phi) is 3.64. The van der Waals surface area contributed by atoms with Gasteiger partial charge in [-0.1, -0.05) is 18.9 Å². The van der Waals surface area contributed by atoms with Crippen molar-refractivity contribution in [2.75, 3.05) is 13.2 Å². The molecule has 0 unspecified atom stereocenters. The van der Waals surface area contributed by atoms with E-state index in [4.69, 9.17) is 4.74 Å². The number of nitrogens with zero attached hydrogens (tertiary/aromatic N) is 1. The van der Waals surface area contributed by atoms with Crippen molar-refractivity contribution in [2.24, 2.45) is 0 Å². The summed E-state index contributed by atoms with van der Waals surface area (Å²) in [6.07, 6.45) is 9.04. The van der Waals surface area contributed by atoms with Crippen LogP contribution in [-0.2, 0) is 24.1 Å². The molecule has 21 heavy (non-hydrogen) atoms. The number of aromatic hydroxyl groups is 1. The van der Waals surface area contributed by atoms with Gasteiger partial charge < -0.3 is 9.84 Å². The third-order valence-corrected chi connectivity index (χ3v) is 5.51. The molecule has 1 aromatic rings. The van der Waals surface area contributed by atoms with Gasteiger partial charge >= 0.3 is 0 Å². The maximum atomic E-state index is 10.3. The lowest BCUT2D eigenvalue weighted by atomic mass is 9.89. The van der Waals surface area contributed by atoms with Gasteiger partial charge in [-0.15, -0.1) is 0 Å². The number of hydrogen-bond acceptors (Lipinski definition) is 3. The molecule has 1 heterocycles. The molecule has 3 nitrogen and oxygen atoms in total. The Morgan fingerprint density at radius 2 is 1.90 bits per heavy atom. The minimum Gasteiger partial charge on any atom is -0.508 e. The van der Waals surface area contributed by atoms with E-state index in [-0.39, 0.29) is 0 Å². The molecule has 3 heteroatoms. The smallest absolute Gasteiger partial charge is 0.120 e. The second kappa shape index (κ2) is 5.62. The van der Waals surface area contributed by atoms with Gasteiger partial charge in [0.15, 0.2) is 0 Å². The maximum Gasteiger partial charge on any atom is 0.120 e. The van der Waals surface area contributed by atoms with Gasteiger partial charge in [0.25, 0.3) is 0 Å².